The number of anilines is 1. The van der Waals surface area contributed by atoms with Crippen molar-refractivity contribution in [3.05, 3.63) is 23.8 Å². The fourth-order valence-electron chi connectivity index (χ4n) is 2.32. The topological polar surface area (TPSA) is 61.8 Å². The quantitative estimate of drug-likeness (QED) is 0.760. The summed E-state index contributed by atoms with van der Waals surface area (Å²) in [5.74, 6) is 0.785. The van der Waals surface area contributed by atoms with Crippen molar-refractivity contribution < 1.29 is 14.6 Å². The summed E-state index contributed by atoms with van der Waals surface area (Å²) in [5.41, 5.74) is 1.79. The van der Waals surface area contributed by atoms with Gasteiger partial charge in [0.05, 0.1) is 7.11 Å². The number of rotatable bonds is 7. The van der Waals surface area contributed by atoms with Crippen molar-refractivity contribution in [3.63, 3.8) is 0 Å². The van der Waals surface area contributed by atoms with E-state index < -0.39 is 0 Å². The number of carbonyl (C=O) groups is 1. The van der Waals surface area contributed by atoms with Gasteiger partial charge in [0.25, 0.3) is 0 Å². The van der Waals surface area contributed by atoms with Gasteiger partial charge < -0.3 is 20.1 Å². The molecule has 21 heavy (non-hydrogen) atoms. The third-order valence-electron chi connectivity index (χ3n) is 3.73. The van der Waals surface area contributed by atoms with Gasteiger partial charge in [-0.3, -0.25) is 0 Å². The third-order valence-corrected chi connectivity index (χ3v) is 3.73. The zero-order valence-electron chi connectivity index (χ0n) is 12.8. The molecule has 0 unspecified atom stereocenters. The van der Waals surface area contributed by atoms with Gasteiger partial charge >= 0.3 is 6.03 Å². The minimum Gasteiger partial charge on any atom is -0.497 e. The Balaban J connectivity index is 1.97. The number of unbranched alkanes of at least 4 members (excludes halogenated alkanes) is 1. The van der Waals surface area contributed by atoms with Crippen LogP contribution in [0, 0.1) is 6.92 Å². The number of hydrogen-bond acceptors (Lipinski definition) is 3. The molecule has 2 amide bonds. The maximum Gasteiger partial charge on any atom is 0.322 e. The predicted molar refractivity (Wildman–Crippen MR) is 82.8 cm³/mol. The molecule has 5 heteroatoms. The Morgan fingerprint density at radius 3 is 2.76 bits per heavy atom. The van der Waals surface area contributed by atoms with Crippen LogP contribution in [0.25, 0.3) is 0 Å². The lowest BCUT2D eigenvalue weighted by Gasteiger charge is -2.23. The SMILES string of the molecule is COc1ccc(NC(=O)N(CCCCO)C2CC2)c(C)c1. The molecule has 2 N–H and O–H groups in total. The van der Waals surface area contributed by atoms with Crippen LogP contribution in [0.3, 0.4) is 0 Å². The number of ether oxygens (including phenoxy) is 1. The molecule has 0 saturated heterocycles. The highest BCUT2D eigenvalue weighted by atomic mass is 16.5. The van der Waals surface area contributed by atoms with Crippen LogP contribution in [0.2, 0.25) is 0 Å². The molecule has 1 aliphatic carbocycles. The molecule has 0 radical (unpaired) electrons. The third kappa shape index (κ3) is 4.36. The van der Waals surface area contributed by atoms with E-state index in [1.54, 1.807) is 7.11 Å². The predicted octanol–water partition coefficient (Wildman–Crippen LogP) is 2.77. The van der Waals surface area contributed by atoms with E-state index >= 15 is 0 Å². The number of carbonyl (C=O) groups excluding carboxylic acids is 1. The minimum atomic E-state index is -0.0521. The summed E-state index contributed by atoms with van der Waals surface area (Å²) in [6.45, 7) is 2.83. The van der Waals surface area contributed by atoms with Crippen LogP contribution in [0.15, 0.2) is 18.2 Å². The molecule has 1 aliphatic rings. The van der Waals surface area contributed by atoms with E-state index in [9.17, 15) is 4.79 Å². The van der Waals surface area contributed by atoms with E-state index in [0.717, 1.165) is 42.7 Å². The standard InChI is InChI=1S/C16H24N2O3/c1-12-11-14(21-2)7-8-15(12)17-16(20)18(13-5-6-13)9-3-4-10-19/h7-8,11,13,19H,3-6,9-10H2,1-2H3,(H,17,20). The number of aliphatic hydroxyl groups is 1. The smallest absolute Gasteiger partial charge is 0.322 e. The van der Waals surface area contributed by atoms with Gasteiger partial charge in [-0.25, -0.2) is 4.79 Å². The molecule has 116 valence electrons. The van der Waals surface area contributed by atoms with Gasteiger partial charge in [0.15, 0.2) is 0 Å². The van der Waals surface area contributed by atoms with Crippen LogP contribution in [0.4, 0.5) is 10.5 Å². The maximum atomic E-state index is 12.4. The summed E-state index contributed by atoms with van der Waals surface area (Å²) in [7, 11) is 1.63. The van der Waals surface area contributed by atoms with E-state index in [4.69, 9.17) is 9.84 Å². The van der Waals surface area contributed by atoms with Crippen LogP contribution in [-0.2, 0) is 0 Å². The van der Waals surface area contributed by atoms with Crippen LogP contribution >= 0.6 is 0 Å². The van der Waals surface area contributed by atoms with Crippen molar-refractivity contribution in [3.8, 4) is 5.75 Å². The summed E-state index contributed by atoms with van der Waals surface area (Å²) >= 11 is 0. The second-order valence-corrected chi connectivity index (χ2v) is 5.47. The zero-order chi connectivity index (χ0) is 15.2. The van der Waals surface area contributed by atoms with Crippen LogP contribution in [0.5, 0.6) is 5.75 Å². The van der Waals surface area contributed by atoms with Crippen LogP contribution in [0.1, 0.15) is 31.2 Å². The van der Waals surface area contributed by atoms with E-state index in [1.807, 2.05) is 30.0 Å². The minimum absolute atomic E-state index is 0.0521. The van der Waals surface area contributed by atoms with Gasteiger partial charge in [-0.2, -0.15) is 0 Å². The summed E-state index contributed by atoms with van der Waals surface area (Å²) in [4.78, 5) is 14.3. The number of aliphatic hydroxyl groups excluding tert-OH is 1. The number of nitrogens with one attached hydrogen (secondary N) is 1. The van der Waals surface area contributed by atoms with Crippen molar-refractivity contribution in [2.45, 2.75) is 38.6 Å². The molecule has 0 heterocycles. The van der Waals surface area contributed by atoms with Gasteiger partial charge in [0.2, 0.25) is 0 Å². The van der Waals surface area contributed by atoms with Gasteiger partial charge in [-0.1, -0.05) is 0 Å². The molecule has 5 nitrogen and oxygen atoms in total. The Kier molecular flexibility index (Phi) is 5.44. The Bertz CT molecular complexity index is 486. The highest BCUT2D eigenvalue weighted by Gasteiger charge is 2.32. The van der Waals surface area contributed by atoms with E-state index in [2.05, 4.69) is 5.32 Å². The van der Waals surface area contributed by atoms with E-state index in [1.165, 1.54) is 0 Å². The first-order chi connectivity index (χ1) is 10.2. The Morgan fingerprint density at radius 2 is 2.19 bits per heavy atom. The molecular weight excluding hydrogens is 268 g/mol. The number of methoxy groups -OCH3 is 1. The van der Waals surface area contributed by atoms with Crippen molar-refractivity contribution in [1.82, 2.24) is 4.90 Å². The second kappa shape index (κ2) is 7.31. The number of amides is 2. The van der Waals surface area contributed by atoms with Crippen molar-refractivity contribution in [2.75, 3.05) is 25.6 Å². The van der Waals surface area contributed by atoms with Gasteiger partial charge in [-0.05, 0) is 56.4 Å². The normalized spacial score (nSPS) is 13.9. The highest BCUT2D eigenvalue weighted by molar-refractivity contribution is 5.90. The molecule has 0 spiro atoms. The van der Waals surface area contributed by atoms with Gasteiger partial charge in [0.1, 0.15) is 5.75 Å². The van der Waals surface area contributed by atoms with Crippen LogP contribution in [-0.4, -0.2) is 42.3 Å². The number of nitrogens with zero attached hydrogens (tertiary/aromatic N) is 1. The first kappa shape index (κ1) is 15.6. The average molecular weight is 292 g/mol. The lowest BCUT2D eigenvalue weighted by molar-refractivity contribution is 0.204. The average Bonchev–Trinajstić information content (AvgIpc) is 3.30. The summed E-state index contributed by atoms with van der Waals surface area (Å²) in [6.07, 6.45) is 3.72. The molecule has 0 bridgehead atoms. The molecule has 1 saturated carbocycles. The highest BCUT2D eigenvalue weighted by Crippen LogP contribution is 2.28. The first-order valence-corrected chi connectivity index (χ1v) is 7.49. The monoisotopic (exact) mass is 292 g/mol. The zero-order valence-corrected chi connectivity index (χ0v) is 12.8. The lowest BCUT2D eigenvalue weighted by atomic mass is 10.2. The van der Waals surface area contributed by atoms with Crippen molar-refractivity contribution in [2.24, 2.45) is 0 Å². The summed E-state index contributed by atoms with van der Waals surface area (Å²) in [5, 5.41) is 11.8. The molecule has 0 aliphatic heterocycles. The largest absolute Gasteiger partial charge is 0.497 e. The molecule has 2 rings (SSSR count). The van der Waals surface area contributed by atoms with Gasteiger partial charge in [-0.15, -0.1) is 0 Å². The Hall–Kier alpha value is -1.75. The summed E-state index contributed by atoms with van der Waals surface area (Å²) in [6, 6.07) is 5.93. The lowest BCUT2D eigenvalue weighted by Crippen LogP contribution is -2.37. The van der Waals surface area contributed by atoms with Crippen LogP contribution < -0.4 is 10.1 Å². The summed E-state index contributed by atoms with van der Waals surface area (Å²) < 4.78 is 5.17. The van der Waals surface area contributed by atoms with E-state index in [0.29, 0.717) is 12.6 Å². The molecule has 0 atom stereocenters. The maximum absolute atomic E-state index is 12.4. The number of aryl methyl sites for hydroxylation is 1. The number of benzene rings is 1. The van der Waals surface area contributed by atoms with Gasteiger partial charge in [0, 0.05) is 24.9 Å². The van der Waals surface area contributed by atoms with E-state index in [-0.39, 0.29) is 12.6 Å². The molecule has 1 fully saturated rings. The molecule has 1 aromatic carbocycles. The Labute approximate surface area is 125 Å². The van der Waals surface area contributed by atoms with Crippen molar-refractivity contribution in [1.29, 1.82) is 0 Å². The number of urea groups is 1. The molecule has 0 aromatic heterocycles. The fourth-order valence-corrected chi connectivity index (χ4v) is 2.32. The second-order valence-electron chi connectivity index (χ2n) is 5.47. The molecular formula is C16H24N2O3. The molecule has 1 aromatic rings. The number of hydrogen-bond donors (Lipinski definition) is 2. The first-order valence-electron chi connectivity index (χ1n) is 7.49. The fraction of sp³-hybridized carbons (Fsp3) is 0.562. The van der Waals surface area contributed by atoms with Crippen molar-refractivity contribution >= 4 is 11.7 Å². The Morgan fingerprint density at radius 1 is 1.43 bits per heavy atom.